The van der Waals surface area contributed by atoms with Crippen LogP contribution >= 0.6 is 0 Å². The number of methoxy groups -OCH3 is 2. The lowest BCUT2D eigenvalue weighted by atomic mass is 10.1. The average molecular weight is 395 g/mol. The number of benzene rings is 2. The van der Waals surface area contributed by atoms with E-state index in [4.69, 9.17) is 9.47 Å². The van der Waals surface area contributed by atoms with Gasteiger partial charge in [-0.05, 0) is 54.7 Å². The van der Waals surface area contributed by atoms with Gasteiger partial charge in [0.1, 0.15) is 5.75 Å². The Morgan fingerprint density at radius 2 is 2.07 bits per heavy atom. The van der Waals surface area contributed by atoms with Gasteiger partial charge in [-0.25, -0.2) is 4.39 Å². The topological polar surface area (TPSA) is 76.2 Å². The summed E-state index contributed by atoms with van der Waals surface area (Å²) in [5.74, 6) is 0.665. The van der Waals surface area contributed by atoms with E-state index in [-0.39, 0.29) is 11.7 Å². The molecule has 0 bridgehead atoms. The van der Waals surface area contributed by atoms with Crippen LogP contribution in [0.3, 0.4) is 0 Å². The number of nitrogens with one attached hydrogen (secondary N) is 2. The summed E-state index contributed by atoms with van der Waals surface area (Å²) in [5.41, 5.74) is 2.62. The van der Waals surface area contributed by atoms with Crippen molar-refractivity contribution in [3.8, 4) is 11.5 Å². The van der Waals surface area contributed by atoms with Crippen molar-refractivity contribution in [2.45, 2.75) is 12.8 Å². The summed E-state index contributed by atoms with van der Waals surface area (Å²) in [6, 6.07) is 8.13. The molecular formula is C22H22FN3O3. The molecule has 2 aromatic carbocycles. The van der Waals surface area contributed by atoms with Crippen molar-refractivity contribution in [3.05, 3.63) is 53.0 Å². The molecule has 1 heterocycles. The van der Waals surface area contributed by atoms with E-state index in [1.807, 2.05) is 12.2 Å². The molecule has 0 saturated heterocycles. The lowest BCUT2D eigenvalue weighted by Gasteiger charge is -2.10. The van der Waals surface area contributed by atoms with Crippen molar-refractivity contribution in [3.63, 3.8) is 0 Å². The highest BCUT2D eigenvalue weighted by atomic mass is 19.1. The molecule has 3 aromatic rings. The molecule has 0 spiro atoms. The Labute approximate surface area is 167 Å². The SMILES string of the molecule is COc1cc(C=Cc2[nH]nc3ccc(C(=O)NCC4CC4)c(OC)c23)ccc1F. The molecule has 4 rings (SSSR count). The minimum Gasteiger partial charge on any atom is -0.495 e. The second kappa shape index (κ2) is 7.95. The smallest absolute Gasteiger partial charge is 0.255 e. The van der Waals surface area contributed by atoms with E-state index >= 15 is 0 Å². The number of hydrogen-bond acceptors (Lipinski definition) is 4. The summed E-state index contributed by atoms with van der Waals surface area (Å²) in [4.78, 5) is 12.6. The van der Waals surface area contributed by atoms with Crippen molar-refractivity contribution >= 4 is 29.0 Å². The summed E-state index contributed by atoms with van der Waals surface area (Å²) in [6.07, 6.45) is 5.97. The van der Waals surface area contributed by atoms with Crippen LogP contribution in [0, 0.1) is 11.7 Å². The number of carbonyl (C=O) groups is 1. The molecule has 0 aliphatic heterocycles. The molecule has 0 radical (unpaired) electrons. The maximum atomic E-state index is 13.6. The van der Waals surface area contributed by atoms with Gasteiger partial charge in [-0.2, -0.15) is 5.10 Å². The molecule has 1 saturated carbocycles. The quantitative estimate of drug-likeness (QED) is 0.633. The number of H-pyrrole nitrogens is 1. The second-order valence-electron chi connectivity index (χ2n) is 7.06. The predicted octanol–water partition coefficient (Wildman–Crippen LogP) is 4.03. The van der Waals surface area contributed by atoms with Crippen LogP contribution in [-0.4, -0.2) is 36.9 Å². The van der Waals surface area contributed by atoms with Gasteiger partial charge in [0.2, 0.25) is 0 Å². The number of ether oxygens (including phenoxy) is 2. The van der Waals surface area contributed by atoms with Gasteiger partial charge in [-0.15, -0.1) is 0 Å². The fourth-order valence-electron chi connectivity index (χ4n) is 3.23. The van der Waals surface area contributed by atoms with Crippen molar-refractivity contribution in [1.29, 1.82) is 0 Å². The van der Waals surface area contributed by atoms with E-state index in [0.717, 1.165) is 10.9 Å². The molecule has 1 aliphatic carbocycles. The molecular weight excluding hydrogens is 373 g/mol. The minimum atomic E-state index is -0.417. The molecule has 2 N–H and O–H groups in total. The molecule has 1 aliphatic rings. The first-order chi connectivity index (χ1) is 14.1. The van der Waals surface area contributed by atoms with Crippen LogP contribution in [-0.2, 0) is 0 Å². The van der Waals surface area contributed by atoms with E-state index in [9.17, 15) is 9.18 Å². The van der Waals surface area contributed by atoms with E-state index < -0.39 is 5.82 Å². The van der Waals surface area contributed by atoms with Gasteiger partial charge in [-0.3, -0.25) is 9.89 Å². The highest BCUT2D eigenvalue weighted by Gasteiger charge is 2.24. The van der Waals surface area contributed by atoms with Crippen LogP contribution in [0.25, 0.3) is 23.1 Å². The van der Waals surface area contributed by atoms with E-state index in [0.29, 0.717) is 35.0 Å². The van der Waals surface area contributed by atoms with Crippen molar-refractivity contribution in [2.75, 3.05) is 20.8 Å². The van der Waals surface area contributed by atoms with Crippen LogP contribution < -0.4 is 14.8 Å². The first-order valence-corrected chi connectivity index (χ1v) is 9.45. The second-order valence-corrected chi connectivity index (χ2v) is 7.06. The number of rotatable bonds is 7. The Bertz CT molecular complexity index is 1090. The van der Waals surface area contributed by atoms with Crippen LogP contribution in [0.4, 0.5) is 4.39 Å². The van der Waals surface area contributed by atoms with E-state index in [1.54, 1.807) is 24.3 Å². The predicted molar refractivity (Wildman–Crippen MR) is 110 cm³/mol. The first kappa shape index (κ1) is 19.0. The number of halogens is 1. The Balaban J connectivity index is 1.67. The van der Waals surface area contributed by atoms with Gasteiger partial charge in [0.25, 0.3) is 5.91 Å². The zero-order chi connectivity index (χ0) is 20.4. The minimum absolute atomic E-state index is 0.157. The number of nitrogens with zero attached hydrogens (tertiary/aromatic N) is 1. The van der Waals surface area contributed by atoms with Crippen molar-refractivity contribution < 1.29 is 18.7 Å². The number of aromatic amines is 1. The van der Waals surface area contributed by atoms with Crippen LogP contribution in [0.1, 0.15) is 34.5 Å². The van der Waals surface area contributed by atoms with Crippen LogP contribution in [0.5, 0.6) is 11.5 Å². The monoisotopic (exact) mass is 395 g/mol. The highest BCUT2D eigenvalue weighted by Crippen LogP contribution is 2.33. The summed E-state index contributed by atoms with van der Waals surface area (Å²) >= 11 is 0. The first-order valence-electron chi connectivity index (χ1n) is 9.45. The third-order valence-electron chi connectivity index (χ3n) is 5.02. The van der Waals surface area contributed by atoms with Crippen LogP contribution in [0.15, 0.2) is 30.3 Å². The standard InChI is InChI=1S/C22H22FN3O3/c1-28-19-11-13(5-8-16(19)23)6-9-17-20-18(26-25-17)10-7-15(21(20)29-2)22(27)24-12-14-3-4-14/h5-11,14H,3-4,12H2,1-2H3,(H,24,27)(H,25,26). The average Bonchev–Trinajstić information content (AvgIpc) is 3.48. The number of fused-ring (bicyclic) bond motifs is 1. The Hall–Kier alpha value is -3.35. The van der Waals surface area contributed by atoms with E-state index in [2.05, 4.69) is 15.5 Å². The summed E-state index contributed by atoms with van der Waals surface area (Å²) in [6.45, 7) is 0.685. The van der Waals surface area contributed by atoms with Crippen molar-refractivity contribution in [2.24, 2.45) is 5.92 Å². The van der Waals surface area contributed by atoms with Gasteiger partial charge in [0.05, 0.1) is 36.4 Å². The number of hydrogen-bond donors (Lipinski definition) is 2. The van der Waals surface area contributed by atoms with Crippen LogP contribution in [0.2, 0.25) is 0 Å². The summed E-state index contributed by atoms with van der Waals surface area (Å²) < 4.78 is 24.2. The zero-order valence-electron chi connectivity index (χ0n) is 16.3. The maximum Gasteiger partial charge on any atom is 0.255 e. The molecule has 29 heavy (non-hydrogen) atoms. The Morgan fingerprint density at radius 1 is 1.24 bits per heavy atom. The third-order valence-corrected chi connectivity index (χ3v) is 5.02. The lowest BCUT2D eigenvalue weighted by molar-refractivity contribution is 0.0949. The molecule has 1 fully saturated rings. The fourth-order valence-corrected chi connectivity index (χ4v) is 3.23. The van der Waals surface area contributed by atoms with E-state index in [1.165, 1.54) is 33.1 Å². The Kier molecular flexibility index (Phi) is 5.20. The molecule has 0 unspecified atom stereocenters. The molecule has 7 heteroatoms. The molecule has 1 amide bonds. The third kappa shape index (κ3) is 3.94. The molecule has 1 aromatic heterocycles. The van der Waals surface area contributed by atoms with Gasteiger partial charge in [0.15, 0.2) is 11.6 Å². The maximum absolute atomic E-state index is 13.6. The lowest BCUT2D eigenvalue weighted by Crippen LogP contribution is -2.26. The summed E-state index contributed by atoms with van der Waals surface area (Å²) in [5, 5.41) is 11.0. The molecule has 6 nitrogen and oxygen atoms in total. The number of aromatic nitrogens is 2. The zero-order valence-corrected chi connectivity index (χ0v) is 16.3. The normalized spacial score (nSPS) is 13.8. The summed E-state index contributed by atoms with van der Waals surface area (Å²) in [7, 11) is 2.97. The largest absolute Gasteiger partial charge is 0.495 e. The Morgan fingerprint density at radius 3 is 2.79 bits per heavy atom. The van der Waals surface area contributed by atoms with Crippen molar-refractivity contribution in [1.82, 2.24) is 15.5 Å². The van der Waals surface area contributed by atoms with Gasteiger partial charge < -0.3 is 14.8 Å². The highest BCUT2D eigenvalue weighted by molar-refractivity contribution is 6.05. The molecule has 150 valence electrons. The van der Waals surface area contributed by atoms with Gasteiger partial charge >= 0.3 is 0 Å². The fraction of sp³-hybridized carbons (Fsp3) is 0.273. The van der Waals surface area contributed by atoms with Gasteiger partial charge in [0, 0.05) is 6.54 Å². The molecule has 0 atom stereocenters. The number of amides is 1. The van der Waals surface area contributed by atoms with Gasteiger partial charge in [-0.1, -0.05) is 12.1 Å². The number of carbonyl (C=O) groups excluding carboxylic acids is 1.